The van der Waals surface area contributed by atoms with Crippen LogP contribution in [-0.4, -0.2) is 48.3 Å². The zero-order valence-corrected chi connectivity index (χ0v) is 16.5. The van der Waals surface area contributed by atoms with Gasteiger partial charge in [0.15, 0.2) is 5.96 Å². The van der Waals surface area contributed by atoms with Crippen LogP contribution in [0.5, 0.6) is 5.88 Å². The lowest BCUT2D eigenvalue weighted by Crippen LogP contribution is -2.42. The molecule has 6 nitrogen and oxygen atoms in total. The van der Waals surface area contributed by atoms with Crippen LogP contribution in [0.3, 0.4) is 0 Å². The molecule has 1 unspecified atom stereocenters. The molecule has 134 valence electrons. The minimum atomic E-state index is 0. The van der Waals surface area contributed by atoms with Crippen LogP contribution >= 0.6 is 24.0 Å². The molecule has 1 aromatic heterocycles. The molecular formula is C17H27IN4O2. The van der Waals surface area contributed by atoms with E-state index in [2.05, 4.69) is 21.8 Å². The highest BCUT2D eigenvalue weighted by Gasteiger charge is 2.18. The Morgan fingerprint density at radius 3 is 2.92 bits per heavy atom. The van der Waals surface area contributed by atoms with E-state index >= 15 is 0 Å². The maximum atomic E-state index is 6.12. The third kappa shape index (κ3) is 5.47. The number of pyridine rings is 1. The molecule has 3 rings (SSSR count). The molecule has 0 radical (unpaired) electrons. The van der Waals surface area contributed by atoms with Gasteiger partial charge >= 0.3 is 0 Å². The van der Waals surface area contributed by atoms with Gasteiger partial charge in [-0.15, -0.1) is 24.0 Å². The van der Waals surface area contributed by atoms with Crippen molar-refractivity contribution in [3.8, 4) is 5.88 Å². The molecule has 2 aliphatic heterocycles. The van der Waals surface area contributed by atoms with E-state index in [1.54, 1.807) is 6.20 Å². The third-order valence-electron chi connectivity index (χ3n) is 4.51. The fourth-order valence-electron chi connectivity index (χ4n) is 2.90. The van der Waals surface area contributed by atoms with Crippen LogP contribution < -0.4 is 10.5 Å². The second-order valence-corrected chi connectivity index (χ2v) is 6.45. The van der Waals surface area contributed by atoms with Crippen molar-refractivity contribution in [3.05, 3.63) is 23.9 Å². The van der Waals surface area contributed by atoms with Gasteiger partial charge in [0, 0.05) is 31.8 Å². The van der Waals surface area contributed by atoms with Crippen molar-refractivity contribution < 1.29 is 9.47 Å². The molecule has 2 N–H and O–H groups in total. The van der Waals surface area contributed by atoms with E-state index in [1.807, 2.05) is 12.1 Å². The Morgan fingerprint density at radius 2 is 2.21 bits per heavy atom. The van der Waals surface area contributed by atoms with Crippen molar-refractivity contribution in [2.24, 2.45) is 16.6 Å². The van der Waals surface area contributed by atoms with Gasteiger partial charge in [0.25, 0.3) is 0 Å². The first-order valence-electron chi connectivity index (χ1n) is 8.45. The van der Waals surface area contributed by atoms with Crippen LogP contribution in [0, 0.1) is 5.92 Å². The van der Waals surface area contributed by atoms with E-state index in [-0.39, 0.29) is 30.1 Å². The van der Waals surface area contributed by atoms with Gasteiger partial charge in [-0.3, -0.25) is 0 Å². The zero-order valence-electron chi connectivity index (χ0n) is 14.2. The molecule has 24 heavy (non-hydrogen) atoms. The van der Waals surface area contributed by atoms with Crippen molar-refractivity contribution in [1.82, 2.24) is 9.88 Å². The number of hydrogen-bond acceptors (Lipinski definition) is 4. The normalized spacial score (nSPS) is 22.3. The molecular weight excluding hydrogens is 419 g/mol. The van der Waals surface area contributed by atoms with Crippen LogP contribution in [0.25, 0.3) is 0 Å². The Hall–Kier alpha value is -1.09. The van der Waals surface area contributed by atoms with Crippen molar-refractivity contribution in [2.45, 2.75) is 38.8 Å². The van der Waals surface area contributed by atoms with Crippen molar-refractivity contribution in [1.29, 1.82) is 0 Å². The van der Waals surface area contributed by atoms with E-state index < -0.39 is 0 Å². The lowest BCUT2D eigenvalue weighted by molar-refractivity contribution is 0.138. The predicted octanol–water partition coefficient (Wildman–Crippen LogP) is 2.41. The maximum absolute atomic E-state index is 6.12. The van der Waals surface area contributed by atoms with E-state index in [1.165, 1.54) is 12.8 Å². The van der Waals surface area contributed by atoms with Crippen LogP contribution in [0.4, 0.5) is 0 Å². The number of piperidine rings is 1. The summed E-state index contributed by atoms with van der Waals surface area (Å²) in [5.41, 5.74) is 7.18. The number of halogens is 1. The van der Waals surface area contributed by atoms with E-state index in [9.17, 15) is 0 Å². The Bertz CT molecular complexity index is 541. The van der Waals surface area contributed by atoms with Crippen molar-refractivity contribution in [2.75, 3.05) is 26.3 Å². The van der Waals surface area contributed by atoms with Crippen LogP contribution in [0.1, 0.15) is 31.7 Å². The molecule has 0 amide bonds. The van der Waals surface area contributed by atoms with Gasteiger partial charge in [-0.2, -0.15) is 0 Å². The minimum absolute atomic E-state index is 0. The number of aromatic nitrogens is 1. The molecule has 1 atom stereocenters. The van der Waals surface area contributed by atoms with E-state index in [0.717, 1.165) is 37.6 Å². The summed E-state index contributed by atoms with van der Waals surface area (Å²) in [4.78, 5) is 11.0. The highest BCUT2D eigenvalue weighted by molar-refractivity contribution is 14.0. The smallest absolute Gasteiger partial charge is 0.213 e. The summed E-state index contributed by atoms with van der Waals surface area (Å²) < 4.78 is 11.1. The number of aliphatic imine (C=N–C) groups is 1. The summed E-state index contributed by atoms with van der Waals surface area (Å²) in [6.07, 6.45) is 5.17. The molecule has 0 saturated carbocycles. The van der Waals surface area contributed by atoms with Gasteiger partial charge in [0.1, 0.15) is 6.10 Å². The number of rotatable bonds is 4. The highest BCUT2D eigenvalue weighted by atomic mass is 127. The molecule has 0 spiro atoms. The van der Waals surface area contributed by atoms with Gasteiger partial charge in [-0.1, -0.05) is 6.92 Å². The third-order valence-corrected chi connectivity index (χ3v) is 4.51. The fraction of sp³-hybridized carbons (Fsp3) is 0.647. The quantitative estimate of drug-likeness (QED) is 0.437. The number of ether oxygens (including phenoxy) is 2. The number of nitrogens with two attached hydrogens (primary N) is 1. The monoisotopic (exact) mass is 446 g/mol. The Balaban J connectivity index is 0.00000208. The van der Waals surface area contributed by atoms with Gasteiger partial charge in [-0.05, 0) is 30.4 Å². The van der Waals surface area contributed by atoms with Crippen molar-refractivity contribution >= 4 is 29.9 Å². The highest BCUT2D eigenvalue weighted by Crippen LogP contribution is 2.17. The summed E-state index contributed by atoms with van der Waals surface area (Å²) in [5, 5.41) is 0. The lowest BCUT2D eigenvalue weighted by Gasteiger charge is -2.31. The molecule has 1 aromatic rings. The standard InChI is InChI=1S/C17H26N4O2.HI/c1-13-3-7-21(8-4-13)17(18)20-11-14-2-6-19-16(10-14)23-15-5-9-22-12-15;/h2,6,10,13,15H,3-5,7-9,11-12H2,1H3,(H2,18,20);1H. The average molecular weight is 446 g/mol. The Kier molecular flexibility index (Phi) is 7.54. The van der Waals surface area contributed by atoms with E-state index in [0.29, 0.717) is 25.0 Å². The first-order valence-corrected chi connectivity index (χ1v) is 8.45. The van der Waals surface area contributed by atoms with E-state index in [4.69, 9.17) is 15.2 Å². The predicted molar refractivity (Wildman–Crippen MR) is 105 cm³/mol. The second kappa shape index (κ2) is 9.41. The summed E-state index contributed by atoms with van der Waals surface area (Å²) in [7, 11) is 0. The minimum Gasteiger partial charge on any atom is -0.472 e. The van der Waals surface area contributed by atoms with Gasteiger partial charge in [-0.25, -0.2) is 9.98 Å². The second-order valence-electron chi connectivity index (χ2n) is 6.45. The first-order chi connectivity index (χ1) is 11.2. The molecule has 7 heteroatoms. The fourth-order valence-corrected chi connectivity index (χ4v) is 2.90. The van der Waals surface area contributed by atoms with Gasteiger partial charge < -0.3 is 20.1 Å². The lowest BCUT2D eigenvalue weighted by atomic mass is 10.00. The van der Waals surface area contributed by atoms with Crippen LogP contribution in [0.15, 0.2) is 23.3 Å². The van der Waals surface area contributed by atoms with Gasteiger partial charge in [0.05, 0.1) is 19.8 Å². The summed E-state index contributed by atoms with van der Waals surface area (Å²) in [5.74, 6) is 2.07. The molecule has 2 saturated heterocycles. The number of likely N-dealkylation sites (tertiary alicyclic amines) is 1. The SMILES string of the molecule is CC1CCN(C(N)=NCc2ccnc(OC3CCOC3)c2)CC1.I. The molecule has 2 fully saturated rings. The topological polar surface area (TPSA) is 73.0 Å². The summed E-state index contributed by atoms with van der Waals surface area (Å²) >= 11 is 0. The number of guanidine groups is 1. The van der Waals surface area contributed by atoms with Crippen LogP contribution in [0.2, 0.25) is 0 Å². The zero-order chi connectivity index (χ0) is 16.1. The molecule has 0 aromatic carbocycles. The number of hydrogen-bond donors (Lipinski definition) is 1. The first kappa shape index (κ1) is 19.2. The molecule has 0 bridgehead atoms. The Labute approximate surface area is 160 Å². The molecule has 3 heterocycles. The average Bonchev–Trinajstić information content (AvgIpc) is 3.07. The number of nitrogens with zero attached hydrogens (tertiary/aromatic N) is 3. The van der Waals surface area contributed by atoms with Crippen molar-refractivity contribution in [3.63, 3.8) is 0 Å². The van der Waals surface area contributed by atoms with Gasteiger partial charge in [0.2, 0.25) is 5.88 Å². The van der Waals surface area contributed by atoms with Crippen LogP contribution in [-0.2, 0) is 11.3 Å². The molecule has 2 aliphatic rings. The Morgan fingerprint density at radius 1 is 1.42 bits per heavy atom. The summed E-state index contributed by atoms with van der Waals surface area (Å²) in [6.45, 7) is 6.26. The summed E-state index contributed by atoms with van der Waals surface area (Å²) in [6, 6.07) is 3.89. The molecule has 0 aliphatic carbocycles. The maximum Gasteiger partial charge on any atom is 0.213 e. The largest absolute Gasteiger partial charge is 0.472 e.